The predicted molar refractivity (Wildman–Crippen MR) is 117 cm³/mol. The van der Waals surface area contributed by atoms with Crippen LogP contribution in [-0.4, -0.2) is 26.4 Å². The first-order valence-corrected chi connectivity index (χ1v) is 10.6. The van der Waals surface area contributed by atoms with E-state index in [0.29, 0.717) is 38.3 Å². The molecular formula is C19H17Cl3N4OS. The van der Waals surface area contributed by atoms with Crippen LogP contribution in [-0.2, 0) is 11.3 Å². The number of hydrogen-bond donors (Lipinski definition) is 1. The molecule has 0 fully saturated rings. The quantitative estimate of drug-likeness (QED) is 0.466. The second-order valence-electron chi connectivity index (χ2n) is 5.92. The van der Waals surface area contributed by atoms with Gasteiger partial charge >= 0.3 is 0 Å². The number of amides is 1. The number of hydrogen-bond acceptors (Lipinski definition) is 4. The van der Waals surface area contributed by atoms with Crippen molar-refractivity contribution >= 4 is 58.2 Å². The Morgan fingerprint density at radius 1 is 1.14 bits per heavy atom. The number of rotatable bonds is 6. The average Bonchev–Trinajstić information content (AvgIpc) is 3.06. The lowest BCUT2D eigenvalue weighted by molar-refractivity contribution is -0.113. The van der Waals surface area contributed by atoms with Crippen molar-refractivity contribution in [3.05, 3.63) is 57.0 Å². The molecule has 0 spiro atoms. The minimum atomic E-state index is -0.146. The van der Waals surface area contributed by atoms with E-state index >= 15 is 0 Å². The second kappa shape index (κ2) is 9.18. The van der Waals surface area contributed by atoms with Crippen molar-refractivity contribution in [3.63, 3.8) is 0 Å². The monoisotopic (exact) mass is 454 g/mol. The Morgan fingerprint density at radius 3 is 2.64 bits per heavy atom. The normalized spacial score (nSPS) is 10.9. The molecule has 1 N–H and O–H groups in total. The van der Waals surface area contributed by atoms with Gasteiger partial charge in [0, 0.05) is 27.8 Å². The molecule has 9 heteroatoms. The van der Waals surface area contributed by atoms with Crippen LogP contribution in [0.3, 0.4) is 0 Å². The number of thioether (sulfide) groups is 1. The van der Waals surface area contributed by atoms with E-state index in [1.54, 1.807) is 24.3 Å². The first-order valence-electron chi connectivity index (χ1n) is 8.47. The number of carbonyl (C=O) groups excluding carboxylic acids is 1. The standard InChI is InChI=1S/C19H17Cl3N4OS/c1-3-26-18(13-8-7-12(20)9-15(13)22)24-25-19(26)28-10-17(27)23-16-6-4-5-14(21)11(16)2/h4-9H,3,10H2,1-2H3,(H,23,27). The van der Waals surface area contributed by atoms with Gasteiger partial charge in [0.25, 0.3) is 0 Å². The van der Waals surface area contributed by atoms with Crippen LogP contribution >= 0.6 is 46.6 Å². The Bertz CT molecular complexity index is 1020. The van der Waals surface area contributed by atoms with Crippen molar-refractivity contribution in [2.24, 2.45) is 0 Å². The van der Waals surface area contributed by atoms with Crippen molar-refractivity contribution in [3.8, 4) is 11.4 Å². The van der Waals surface area contributed by atoms with E-state index < -0.39 is 0 Å². The highest BCUT2D eigenvalue weighted by atomic mass is 35.5. The Hall–Kier alpha value is -1.73. The molecule has 0 saturated carbocycles. The summed E-state index contributed by atoms with van der Waals surface area (Å²) >= 11 is 19.7. The SMILES string of the molecule is CCn1c(SCC(=O)Nc2cccc(Cl)c2C)nnc1-c1ccc(Cl)cc1Cl. The zero-order chi connectivity index (χ0) is 20.3. The summed E-state index contributed by atoms with van der Waals surface area (Å²) < 4.78 is 1.91. The number of benzene rings is 2. The van der Waals surface area contributed by atoms with Gasteiger partial charge in [0.1, 0.15) is 0 Å². The molecule has 3 aromatic rings. The van der Waals surface area contributed by atoms with Crippen molar-refractivity contribution in [2.75, 3.05) is 11.1 Å². The Kier molecular flexibility index (Phi) is 6.88. The molecule has 1 amide bonds. The summed E-state index contributed by atoms with van der Waals surface area (Å²) in [7, 11) is 0. The summed E-state index contributed by atoms with van der Waals surface area (Å²) in [5.74, 6) is 0.684. The fourth-order valence-electron chi connectivity index (χ4n) is 2.61. The molecule has 1 heterocycles. The Balaban J connectivity index is 1.74. The second-order valence-corrected chi connectivity index (χ2v) is 8.12. The predicted octanol–water partition coefficient (Wildman–Crippen LogP) is 5.96. The van der Waals surface area contributed by atoms with Crippen LogP contribution in [0.4, 0.5) is 5.69 Å². The van der Waals surface area contributed by atoms with Crippen molar-refractivity contribution in [1.29, 1.82) is 0 Å². The van der Waals surface area contributed by atoms with Gasteiger partial charge in [-0.05, 0) is 49.7 Å². The van der Waals surface area contributed by atoms with Crippen LogP contribution in [0.5, 0.6) is 0 Å². The zero-order valence-electron chi connectivity index (χ0n) is 15.2. The van der Waals surface area contributed by atoms with Gasteiger partial charge in [0.05, 0.1) is 10.8 Å². The Labute approximate surface area is 182 Å². The fraction of sp³-hybridized carbons (Fsp3) is 0.211. The third kappa shape index (κ3) is 4.63. The number of halogens is 3. The van der Waals surface area contributed by atoms with Gasteiger partial charge in [-0.1, -0.05) is 52.6 Å². The van der Waals surface area contributed by atoms with Gasteiger partial charge in [-0.2, -0.15) is 0 Å². The van der Waals surface area contributed by atoms with Crippen LogP contribution in [0.1, 0.15) is 12.5 Å². The summed E-state index contributed by atoms with van der Waals surface area (Å²) in [6, 6.07) is 10.6. The highest BCUT2D eigenvalue weighted by molar-refractivity contribution is 7.99. The minimum absolute atomic E-state index is 0.146. The largest absolute Gasteiger partial charge is 0.325 e. The molecule has 2 aromatic carbocycles. The van der Waals surface area contributed by atoms with Crippen LogP contribution < -0.4 is 5.32 Å². The number of aromatic nitrogens is 3. The summed E-state index contributed by atoms with van der Waals surface area (Å²) in [5.41, 5.74) is 2.27. The first kappa shape index (κ1) is 21.0. The summed E-state index contributed by atoms with van der Waals surface area (Å²) in [4.78, 5) is 12.3. The summed E-state index contributed by atoms with van der Waals surface area (Å²) in [5, 5.41) is 13.7. The van der Waals surface area contributed by atoms with Crippen LogP contribution in [0.25, 0.3) is 11.4 Å². The topological polar surface area (TPSA) is 59.8 Å². The van der Waals surface area contributed by atoms with E-state index in [1.165, 1.54) is 11.8 Å². The molecule has 146 valence electrons. The van der Waals surface area contributed by atoms with Gasteiger partial charge in [0.15, 0.2) is 11.0 Å². The van der Waals surface area contributed by atoms with E-state index in [-0.39, 0.29) is 11.7 Å². The van der Waals surface area contributed by atoms with E-state index in [4.69, 9.17) is 34.8 Å². The molecule has 0 saturated heterocycles. The van der Waals surface area contributed by atoms with Gasteiger partial charge in [-0.3, -0.25) is 4.79 Å². The van der Waals surface area contributed by atoms with E-state index in [1.807, 2.05) is 30.5 Å². The molecule has 0 unspecified atom stereocenters. The molecular weight excluding hydrogens is 439 g/mol. The van der Waals surface area contributed by atoms with Gasteiger partial charge in [0.2, 0.25) is 5.91 Å². The van der Waals surface area contributed by atoms with Crippen LogP contribution in [0, 0.1) is 6.92 Å². The summed E-state index contributed by atoms with van der Waals surface area (Å²) in [6.07, 6.45) is 0. The number of nitrogens with one attached hydrogen (secondary N) is 1. The van der Waals surface area contributed by atoms with Gasteiger partial charge in [-0.25, -0.2) is 0 Å². The van der Waals surface area contributed by atoms with E-state index in [0.717, 1.165) is 11.1 Å². The molecule has 3 rings (SSSR count). The highest BCUT2D eigenvalue weighted by Crippen LogP contribution is 2.31. The zero-order valence-corrected chi connectivity index (χ0v) is 18.3. The van der Waals surface area contributed by atoms with E-state index in [9.17, 15) is 4.79 Å². The fourth-order valence-corrected chi connectivity index (χ4v) is 4.08. The first-order chi connectivity index (χ1) is 13.4. The van der Waals surface area contributed by atoms with Crippen molar-refractivity contribution < 1.29 is 4.79 Å². The lowest BCUT2D eigenvalue weighted by atomic mass is 10.2. The van der Waals surface area contributed by atoms with Crippen molar-refractivity contribution in [1.82, 2.24) is 14.8 Å². The smallest absolute Gasteiger partial charge is 0.234 e. The van der Waals surface area contributed by atoms with Crippen LogP contribution in [0.15, 0.2) is 41.6 Å². The maximum absolute atomic E-state index is 12.3. The van der Waals surface area contributed by atoms with E-state index in [2.05, 4.69) is 15.5 Å². The number of nitrogens with zero attached hydrogens (tertiary/aromatic N) is 3. The lowest BCUT2D eigenvalue weighted by Crippen LogP contribution is -2.15. The molecule has 0 aliphatic carbocycles. The van der Waals surface area contributed by atoms with Gasteiger partial charge < -0.3 is 9.88 Å². The number of anilines is 1. The molecule has 0 atom stereocenters. The van der Waals surface area contributed by atoms with Gasteiger partial charge in [-0.15, -0.1) is 10.2 Å². The minimum Gasteiger partial charge on any atom is -0.325 e. The molecule has 0 bridgehead atoms. The lowest BCUT2D eigenvalue weighted by Gasteiger charge is -2.10. The molecule has 0 aliphatic rings. The molecule has 28 heavy (non-hydrogen) atoms. The number of carbonyl (C=O) groups is 1. The third-order valence-corrected chi connectivity index (χ3v) is 6.00. The summed E-state index contributed by atoms with van der Waals surface area (Å²) in [6.45, 7) is 4.48. The maximum Gasteiger partial charge on any atom is 0.234 e. The molecule has 0 aliphatic heterocycles. The Morgan fingerprint density at radius 2 is 1.93 bits per heavy atom. The van der Waals surface area contributed by atoms with Crippen molar-refractivity contribution in [2.45, 2.75) is 25.5 Å². The maximum atomic E-state index is 12.3. The average molecular weight is 456 g/mol. The third-order valence-electron chi connectivity index (χ3n) is 4.08. The molecule has 1 aromatic heterocycles. The molecule has 5 nitrogen and oxygen atoms in total. The van der Waals surface area contributed by atoms with Crippen LogP contribution in [0.2, 0.25) is 15.1 Å². The highest BCUT2D eigenvalue weighted by Gasteiger charge is 2.17. The molecule has 0 radical (unpaired) electrons.